The van der Waals surface area contributed by atoms with Gasteiger partial charge in [-0.05, 0) is 24.6 Å². The number of nitrogens with zero attached hydrogens (tertiary/aromatic N) is 1. The van der Waals surface area contributed by atoms with Gasteiger partial charge in [0.15, 0.2) is 0 Å². The van der Waals surface area contributed by atoms with Crippen LogP contribution < -0.4 is 0 Å². The number of aliphatic carboxylic acids is 1. The second-order valence-corrected chi connectivity index (χ2v) is 3.89. The zero-order chi connectivity index (χ0) is 12.3. The third-order valence-electron chi connectivity index (χ3n) is 2.42. The van der Waals surface area contributed by atoms with Crippen molar-refractivity contribution in [1.82, 2.24) is 4.90 Å². The van der Waals surface area contributed by atoms with Gasteiger partial charge < -0.3 is 10.0 Å². The minimum absolute atomic E-state index is 0.331. The van der Waals surface area contributed by atoms with Gasteiger partial charge in [0.2, 0.25) is 0 Å². The zero-order valence-corrected chi connectivity index (χ0v) is 9.73. The Balaban J connectivity index is 2.89. The lowest BCUT2D eigenvalue weighted by Gasteiger charge is -2.23. The van der Waals surface area contributed by atoms with Crippen LogP contribution in [0.25, 0.3) is 0 Å². The minimum Gasteiger partial charge on any atom is -0.474 e. The molecular weight excluding hydrogens is 230 g/mol. The Morgan fingerprint density at radius 1 is 1.44 bits per heavy atom. The van der Waals surface area contributed by atoms with Gasteiger partial charge in [0.1, 0.15) is 0 Å². The molecule has 0 bridgehead atoms. The van der Waals surface area contributed by atoms with E-state index in [1.54, 1.807) is 31.2 Å². The predicted molar refractivity (Wildman–Crippen MR) is 60.3 cm³/mol. The average molecular weight is 242 g/mol. The lowest BCUT2D eigenvalue weighted by atomic mass is 10.1. The summed E-state index contributed by atoms with van der Waals surface area (Å²) in [6.07, 6.45) is 0. The van der Waals surface area contributed by atoms with Crippen molar-refractivity contribution in [2.75, 3.05) is 7.05 Å². The Labute approximate surface area is 98.4 Å². The van der Waals surface area contributed by atoms with Crippen molar-refractivity contribution in [3.05, 3.63) is 34.9 Å². The van der Waals surface area contributed by atoms with Crippen LogP contribution in [0.15, 0.2) is 24.3 Å². The Bertz CT molecular complexity index is 419. The molecule has 1 atom stereocenters. The van der Waals surface area contributed by atoms with Crippen molar-refractivity contribution in [1.29, 1.82) is 0 Å². The SMILES string of the molecule is CC(c1cccc(Cl)c1)N(C)C(=O)C(=O)O. The molecule has 0 fully saturated rings. The number of amides is 1. The summed E-state index contributed by atoms with van der Waals surface area (Å²) in [7, 11) is 1.45. The first kappa shape index (κ1) is 12.5. The Morgan fingerprint density at radius 3 is 2.56 bits per heavy atom. The standard InChI is InChI=1S/C11H12ClNO3/c1-7(13(2)10(14)11(15)16)8-4-3-5-9(12)6-8/h3-7H,1-2H3,(H,15,16). The summed E-state index contributed by atoms with van der Waals surface area (Å²) in [5.74, 6) is -2.40. The molecule has 0 heterocycles. The number of benzene rings is 1. The van der Waals surface area contributed by atoms with Crippen LogP contribution in [0.4, 0.5) is 0 Å². The number of rotatable bonds is 2. The van der Waals surface area contributed by atoms with Crippen molar-refractivity contribution >= 4 is 23.5 Å². The van der Waals surface area contributed by atoms with Gasteiger partial charge in [-0.2, -0.15) is 0 Å². The van der Waals surface area contributed by atoms with E-state index in [2.05, 4.69) is 0 Å². The predicted octanol–water partition coefficient (Wildman–Crippen LogP) is 1.94. The van der Waals surface area contributed by atoms with E-state index < -0.39 is 11.9 Å². The molecule has 16 heavy (non-hydrogen) atoms. The van der Waals surface area contributed by atoms with Crippen molar-refractivity contribution in [3.8, 4) is 0 Å². The molecule has 1 N–H and O–H groups in total. The first-order chi connectivity index (χ1) is 7.43. The number of halogens is 1. The summed E-state index contributed by atoms with van der Waals surface area (Å²) in [6, 6.07) is 6.65. The van der Waals surface area contributed by atoms with Crippen LogP contribution in [0.1, 0.15) is 18.5 Å². The number of likely N-dealkylation sites (N-methyl/N-ethyl adjacent to an activating group) is 1. The Hall–Kier alpha value is -1.55. The largest absolute Gasteiger partial charge is 0.474 e. The topological polar surface area (TPSA) is 57.6 Å². The molecule has 0 aliphatic rings. The van der Waals surface area contributed by atoms with Crippen LogP contribution in [0.5, 0.6) is 0 Å². The number of hydrogen-bond donors (Lipinski definition) is 1. The number of carbonyl (C=O) groups excluding carboxylic acids is 1. The Morgan fingerprint density at radius 2 is 2.06 bits per heavy atom. The first-order valence-electron chi connectivity index (χ1n) is 4.69. The van der Waals surface area contributed by atoms with Crippen LogP contribution in [0.3, 0.4) is 0 Å². The van der Waals surface area contributed by atoms with E-state index in [-0.39, 0.29) is 6.04 Å². The van der Waals surface area contributed by atoms with Crippen LogP contribution in [-0.2, 0) is 9.59 Å². The molecule has 1 rings (SSSR count). The molecule has 1 aromatic rings. The quantitative estimate of drug-likeness (QED) is 0.805. The van der Waals surface area contributed by atoms with Crippen molar-refractivity contribution < 1.29 is 14.7 Å². The van der Waals surface area contributed by atoms with E-state index in [0.29, 0.717) is 5.02 Å². The third kappa shape index (κ3) is 2.73. The average Bonchev–Trinajstić information content (AvgIpc) is 2.26. The van der Waals surface area contributed by atoms with Crippen LogP contribution in [0, 0.1) is 0 Å². The first-order valence-corrected chi connectivity index (χ1v) is 5.07. The number of carbonyl (C=O) groups is 2. The van der Waals surface area contributed by atoms with Crippen LogP contribution >= 0.6 is 11.6 Å². The van der Waals surface area contributed by atoms with Crippen molar-refractivity contribution in [2.45, 2.75) is 13.0 Å². The van der Waals surface area contributed by atoms with E-state index in [1.165, 1.54) is 7.05 Å². The summed E-state index contributed by atoms with van der Waals surface area (Å²) in [4.78, 5) is 22.9. The maximum Gasteiger partial charge on any atom is 0.394 e. The molecule has 1 amide bonds. The van der Waals surface area contributed by atoms with Gasteiger partial charge in [-0.25, -0.2) is 4.79 Å². The van der Waals surface area contributed by atoms with Crippen LogP contribution in [0.2, 0.25) is 5.02 Å². The van der Waals surface area contributed by atoms with Crippen molar-refractivity contribution in [2.24, 2.45) is 0 Å². The number of carboxylic acids is 1. The number of carboxylic acid groups (broad SMARTS) is 1. The molecule has 0 aliphatic carbocycles. The van der Waals surface area contributed by atoms with Gasteiger partial charge in [-0.1, -0.05) is 23.7 Å². The lowest BCUT2D eigenvalue weighted by Crippen LogP contribution is -2.35. The fourth-order valence-electron chi connectivity index (χ4n) is 1.32. The van der Waals surface area contributed by atoms with E-state index in [9.17, 15) is 9.59 Å². The molecule has 1 aromatic carbocycles. The van der Waals surface area contributed by atoms with Gasteiger partial charge in [0, 0.05) is 12.1 Å². The zero-order valence-electron chi connectivity index (χ0n) is 8.98. The van der Waals surface area contributed by atoms with E-state index >= 15 is 0 Å². The Kier molecular flexibility index (Phi) is 3.90. The molecule has 0 aromatic heterocycles. The van der Waals surface area contributed by atoms with E-state index in [1.807, 2.05) is 0 Å². The van der Waals surface area contributed by atoms with Gasteiger partial charge in [-0.3, -0.25) is 4.79 Å². The molecule has 0 radical (unpaired) electrons. The van der Waals surface area contributed by atoms with Crippen LogP contribution in [-0.4, -0.2) is 28.9 Å². The smallest absolute Gasteiger partial charge is 0.394 e. The molecule has 0 aliphatic heterocycles. The summed E-state index contributed by atoms with van der Waals surface area (Å²) in [6.45, 7) is 1.74. The highest BCUT2D eigenvalue weighted by atomic mass is 35.5. The maximum absolute atomic E-state index is 11.2. The second kappa shape index (κ2) is 4.99. The van der Waals surface area contributed by atoms with Gasteiger partial charge in [-0.15, -0.1) is 0 Å². The molecule has 4 nitrogen and oxygen atoms in total. The summed E-state index contributed by atoms with van der Waals surface area (Å²) < 4.78 is 0. The number of hydrogen-bond acceptors (Lipinski definition) is 2. The molecule has 5 heteroatoms. The van der Waals surface area contributed by atoms with E-state index in [4.69, 9.17) is 16.7 Å². The second-order valence-electron chi connectivity index (χ2n) is 3.45. The molecule has 1 unspecified atom stereocenters. The molecule has 0 spiro atoms. The van der Waals surface area contributed by atoms with Gasteiger partial charge in [0.25, 0.3) is 0 Å². The molecule has 86 valence electrons. The normalized spacial score (nSPS) is 11.9. The third-order valence-corrected chi connectivity index (χ3v) is 2.65. The fraction of sp³-hybridized carbons (Fsp3) is 0.273. The minimum atomic E-state index is -1.46. The molecule has 0 saturated carbocycles. The summed E-state index contributed by atoms with van der Waals surface area (Å²) in [5.41, 5.74) is 0.796. The summed E-state index contributed by atoms with van der Waals surface area (Å²) in [5, 5.41) is 9.14. The monoisotopic (exact) mass is 241 g/mol. The van der Waals surface area contributed by atoms with Gasteiger partial charge >= 0.3 is 11.9 Å². The lowest BCUT2D eigenvalue weighted by molar-refractivity contribution is -0.156. The molecule has 0 saturated heterocycles. The highest BCUT2D eigenvalue weighted by Crippen LogP contribution is 2.21. The summed E-state index contributed by atoms with van der Waals surface area (Å²) >= 11 is 5.82. The molecular formula is C11H12ClNO3. The van der Waals surface area contributed by atoms with Gasteiger partial charge in [0.05, 0.1) is 6.04 Å². The highest BCUT2D eigenvalue weighted by Gasteiger charge is 2.22. The maximum atomic E-state index is 11.2. The highest BCUT2D eigenvalue weighted by molar-refractivity contribution is 6.31. The fourth-order valence-corrected chi connectivity index (χ4v) is 1.52. The van der Waals surface area contributed by atoms with Crippen molar-refractivity contribution in [3.63, 3.8) is 0 Å². The van der Waals surface area contributed by atoms with E-state index in [0.717, 1.165) is 10.5 Å².